The maximum atomic E-state index is 12.4. The second kappa shape index (κ2) is 7.50. The second-order valence-electron chi connectivity index (χ2n) is 6.96. The number of carboxylic acids is 1. The molecule has 0 aliphatic carbocycles. The molecule has 1 atom stereocenters. The highest BCUT2D eigenvalue weighted by atomic mass is 32.1. The normalized spacial score (nSPS) is 12.3. The summed E-state index contributed by atoms with van der Waals surface area (Å²) in [6.07, 6.45) is 1.57. The second-order valence-corrected chi connectivity index (χ2v) is 7.89. The number of carbonyl (C=O) groups excluding carboxylic acids is 1. The van der Waals surface area contributed by atoms with E-state index < -0.39 is 17.9 Å². The molecule has 0 fully saturated rings. The number of aromatic nitrogens is 3. The zero-order valence-electron chi connectivity index (χ0n) is 16.7. The zero-order valence-corrected chi connectivity index (χ0v) is 17.5. The number of hydrogen-bond acceptors (Lipinski definition) is 7. The molecule has 32 heavy (non-hydrogen) atoms. The molecule has 0 aliphatic heterocycles. The Labute approximate surface area is 184 Å². The van der Waals surface area contributed by atoms with Crippen molar-refractivity contribution < 1.29 is 23.8 Å². The van der Waals surface area contributed by atoms with Gasteiger partial charge < -0.3 is 20.0 Å². The number of thiazole rings is 1. The number of para-hydroxylation sites is 1. The first-order valence-electron chi connectivity index (χ1n) is 9.49. The quantitative estimate of drug-likeness (QED) is 0.405. The first-order valence-corrected chi connectivity index (χ1v) is 10.4. The Bertz CT molecular complexity index is 1450. The number of primary amides is 1. The van der Waals surface area contributed by atoms with Crippen molar-refractivity contribution in [2.45, 2.75) is 6.04 Å². The fourth-order valence-electron chi connectivity index (χ4n) is 3.77. The van der Waals surface area contributed by atoms with Crippen LogP contribution in [0.25, 0.3) is 33.3 Å². The summed E-state index contributed by atoms with van der Waals surface area (Å²) in [6.45, 7) is 0. The van der Waals surface area contributed by atoms with E-state index in [0.717, 1.165) is 5.39 Å². The van der Waals surface area contributed by atoms with Gasteiger partial charge in [0.15, 0.2) is 11.8 Å². The van der Waals surface area contributed by atoms with Crippen LogP contribution in [0.15, 0.2) is 58.5 Å². The van der Waals surface area contributed by atoms with Gasteiger partial charge in [0.1, 0.15) is 27.6 Å². The molecule has 0 saturated carbocycles. The Morgan fingerprint density at radius 2 is 2.06 bits per heavy atom. The van der Waals surface area contributed by atoms with Crippen molar-refractivity contribution in [3.8, 4) is 17.2 Å². The summed E-state index contributed by atoms with van der Waals surface area (Å²) < 4.78 is 12.9. The standard InChI is InChI=1S/C22H16N4O5S/c1-30-19-12(22(28)29)6-7-13-16(19)17(15-10-11-4-2-3-5-14(11)31-15)25-26(13)18(20(23)27)21-24-8-9-32-21/h2-10,18H,1H3,(H2,23,27)(H,28,29). The molecular formula is C22H16N4O5S. The first-order chi connectivity index (χ1) is 15.5. The van der Waals surface area contributed by atoms with Gasteiger partial charge in [0.2, 0.25) is 5.91 Å². The van der Waals surface area contributed by atoms with E-state index in [4.69, 9.17) is 14.9 Å². The predicted octanol–water partition coefficient (Wildman–Crippen LogP) is 3.69. The number of furan rings is 1. The molecule has 0 aliphatic rings. The maximum absolute atomic E-state index is 12.4. The molecule has 0 spiro atoms. The lowest BCUT2D eigenvalue weighted by molar-refractivity contribution is -0.120. The number of carbonyl (C=O) groups is 2. The van der Waals surface area contributed by atoms with E-state index in [0.29, 0.717) is 32.9 Å². The van der Waals surface area contributed by atoms with Gasteiger partial charge in [0, 0.05) is 17.0 Å². The van der Waals surface area contributed by atoms with E-state index in [1.165, 1.54) is 29.2 Å². The molecule has 0 saturated heterocycles. The first kappa shape index (κ1) is 19.8. The topological polar surface area (TPSA) is 133 Å². The summed E-state index contributed by atoms with van der Waals surface area (Å²) in [4.78, 5) is 28.5. The summed E-state index contributed by atoms with van der Waals surface area (Å²) in [5.74, 6) is -1.29. The van der Waals surface area contributed by atoms with Gasteiger partial charge in [-0.25, -0.2) is 14.5 Å². The van der Waals surface area contributed by atoms with Crippen molar-refractivity contribution >= 4 is 45.1 Å². The Morgan fingerprint density at radius 1 is 1.25 bits per heavy atom. The number of amides is 1. The smallest absolute Gasteiger partial charge is 0.339 e. The van der Waals surface area contributed by atoms with E-state index in [2.05, 4.69) is 10.1 Å². The van der Waals surface area contributed by atoms with E-state index in [9.17, 15) is 14.7 Å². The fraction of sp³-hybridized carbons (Fsp3) is 0.0909. The minimum atomic E-state index is -1.15. The molecular weight excluding hydrogens is 432 g/mol. The lowest BCUT2D eigenvalue weighted by Gasteiger charge is -2.13. The number of aromatic carboxylic acids is 1. The average Bonchev–Trinajstić information content (AvgIpc) is 3.51. The minimum Gasteiger partial charge on any atom is -0.495 e. The molecule has 3 heterocycles. The highest BCUT2D eigenvalue weighted by Gasteiger charge is 2.30. The number of carboxylic acid groups (broad SMARTS) is 1. The number of hydrogen-bond donors (Lipinski definition) is 2. The van der Waals surface area contributed by atoms with Crippen molar-refractivity contribution in [1.29, 1.82) is 0 Å². The highest BCUT2D eigenvalue weighted by Crippen LogP contribution is 2.41. The Morgan fingerprint density at radius 3 is 2.72 bits per heavy atom. The van der Waals surface area contributed by atoms with Crippen molar-refractivity contribution in [3.05, 3.63) is 64.6 Å². The average molecular weight is 448 g/mol. The molecule has 2 aromatic carbocycles. The summed E-state index contributed by atoms with van der Waals surface area (Å²) >= 11 is 1.27. The number of methoxy groups -OCH3 is 1. The Balaban J connectivity index is 1.87. The van der Waals surface area contributed by atoms with Crippen LogP contribution in [-0.2, 0) is 4.79 Å². The van der Waals surface area contributed by atoms with Crippen LogP contribution >= 0.6 is 11.3 Å². The highest BCUT2D eigenvalue weighted by molar-refractivity contribution is 7.09. The lowest BCUT2D eigenvalue weighted by atomic mass is 10.1. The monoisotopic (exact) mass is 448 g/mol. The summed E-state index contributed by atoms with van der Waals surface area (Å²) in [5.41, 5.74) is 7.12. The molecule has 5 rings (SSSR count). The number of ether oxygens (including phenoxy) is 1. The molecule has 160 valence electrons. The van der Waals surface area contributed by atoms with Gasteiger partial charge in [0.25, 0.3) is 0 Å². The number of benzene rings is 2. The van der Waals surface area contributed by atoms with Gasteiger partial charge in [-0.3, -0.25) is 4.79 Å². The van der Waals surface area contributed by atoms with Crippen LogP contribution in [0.1, 0.15) is 21.4 Å². The van der Waals surface area contributed by atoms with Crippen molar-refractivity contribution in [3.63, 3.8) is 0 Å². The van der Waals surface area contributed by atoms with Crippen LogP contribution in [0.5, 0.6) is 5.75 Å². The lowest BCUT2D eigenvalue weighted by Crippen LogP contribution is -2.28. The SMILES string of the molecule is COc1c(C(=O)O)ccc2c1c(-c1cc3ccccc3o1)nn2C(C(N)=O)c1nccs1. The van der Waals surface area contributed by atoms with E-state index in [1.807, 2.05) is 24.3 Å². The summed E-state index contributed by atoms with van der Waals surface area (Å²) in [6, 6.07) is 11.2. The van der Waals surface area contributed by atoms with Crippen LogP contribution in [0.3, 0.4) is 0 Å². The van der Waals surface area contributed by atoms with Gasteiger partial charge in [-0.15, -0.1) is 11.3 Å². The largest absolute Gasteiger partial charge is 0.495 e. The van der Waals surface area contributed by atoms with Crippen molar-refractivity contribution in [1.82, 2.24) is 14.8 Å². The number of rotatable bonds is 6. The third-order valence-electron chi connectivity index (χ3n) is 5.12. The van der Waals surface area contributed by atoms with Crippen LogP contribution in [0.4, 0.5) is 0 Å². The summed E-state index contributed by atoms with van der Waals surface area (Å²) in [7, 11) is 1.38. The molecule has 10 heteroatoms. The third-order valence-corrected chi connectivity index (χ3v) is 5.95. The van der Waals surface area contributed by atoms with Gasteiger partial charge in [-0.05, 0) is 24.3 Å². The van der Waals surface area contributed by atoms with Crippen LogP contribution in [0.2, 0.25) is 0 Å². The van der Waals surface area contributed by atoms with Gasteiger partial charge >= 0.3 is 5.97 Å². The van der Waals surface area contributed by atoms with Gasteiger partial charge in [-0.2, -0.15) is 5.10 Å². The van der Waals surface area contributed by atoms with E-state index >= 15 is 0 Å². The fourth-order valence-corrected chi connectivity index (χ4v) is 4.50. The maximum Gasteiger partial charge on any atom is 0.339 e. The van der Waals surface area contributed by atoms with Crippen molar-refractivity contribution in [2.24, 2.45) is 5.73 Å². The minimum absolute atomic E-state index is 0.0400. The predicted molar refractivity (Wildman–Crippen MR) is 118 cm³/mol. The molecule has 1 unspecified atom stereocenters. The third kappa shape index (κ3) is 3.00. The zero-order chi connectivity index (χ0) is 22.4. The van der Waals surface area contributed by atoms with Crippen molar-refractivity contribution in [2.75, 3.05) is 7.11 Å². The van der Waals surface area contributed by atoms with Crippen LogP contribution < -0.4 is 10.5 Å². The van der Waals surface area contributed by atoms with E-state index in [1.54, 1.807) is 23.7 Å². The van der Waals surface area contributed by atoms with Gasteiger partial charge in [0.05, 0.1) is 18.0 Å². The van der Waals surface area contributed by atoms with Gasteiger partial charge in [-0.1, -0.05) is 18.2 Å². The molecule has 5 aromatic rings. The summed E-state index contributed by atoms with van der Waals surface area (Å²) in [5, 5.41) is 17.8. The van der Waals surface area contributed by atoms with E-state index in [-0.39, 0.29) is 11.3 Å². The van der Waals surface area contributed by atoms with Crippen LogP contribution in [-0.4, -0.2) is 38.9 Å². The number of nitrogens with zero attached hydrogens (tertiary/aromatic N) is 3. The number of nitrogens with two attached hydrogens (primary N) is 1. The Kier molecular flexibility index (Phi) is 4.63. The van der Waals surface area contributed by atoms with Crippen LogP contribution in [0, 0.1) is 0 Å². The molecule has 0 radical (unpaired) electrons. The molecule has 0 bridgehead atoms. The molecule has 3 aromatic heterocycles. The molecule has 9 nitrogen and oxygen atoms in total. The Hall–Kier alpha value is -4.18. The molecule has 3 N–H and O–H groups in total. The molecule has 1 amide bonds. The number of fused-ring (bicyclic) bond motifs is 2.